The quantitative estimate of drug-likeness (QED) is 0.296. The first-order chi connectivity index (χ1) is 17.8. The monoisotopic (exact) mass is 574 g/mol. The molecule has 0 saturated carbocycles. The van der Waals surface area contributed by atoms with Gasteiger partial charge in [-0.3, -0.25) is 0 Å². The summed E-state index contributed by atoms with van der Waals surface area (Å²) in [7, 11) is 0. The van der Waals surface area contributed by atoms with E-state index >= 15 is 0 Å². The van der Waals surface area contributed by atoms with Gasteiger partial charge in [0.15, 0.2) is 11.4 Å². The zero-order chi connectivity index (χ0) is 29.0. The van der Waals surface area contributed by atoms with Crippen LogP contribution in [0.2, 0.25) is 0 Å². The van der Waals surface area contributed by atoms with Crippen LogP contribution in [0.15, 0.2) is 42.5 Å². The summed E-state index contributed by atoms with van der Waals surface area (Å²) in [6, 6.07) is 9.06. The zero-order valence-corrected chi connectivity index (χ0v) is 23.2. The van der Waals surface area contributed by atoms with Gasteiger partial charge in [0.2, 0.25) is 0 Å². The molecule has 0 unspecified atom stereocenters. The van der Waals surface area contributed by atoms with Crippen molar-refractivity contribution < 1.29 is 35.8 Å². The van der Waals surface area contributed by atoms with Gasteiger partial charge in [0.25, 0.3) is 0 Å². The van der Waals surface area contributed by atoms with Gasteiger partial charge in [-0.2, -0.15) is 26.3 Å². The largest absolute Gasteiger partial charge is 0.416 e. The van der Waals surface area contributed by atoms with Crippen molar-refractivity contribution in [2.75, 3.05) is 25.1 Å². The zero-order valence-electron chi connectivity index (χ0n) is 22.4. The Hall–Kier alpha value is -2.37. The summed E-state index contributed by atoms with van der Waals surface area (Å²) in [5.74, 6) is 0. The van der Waals surface area contributed by atoms with E-state index < -0.39 is 35.3 Å². The Labute approximate surface area is 229 Å². The smallest absolute Gasteiger partial charge is 0.348 e. The van der Waals surface area contributed by atoms with Crippen LogP contribution in [0, 0.1) is 10.8 Å². The molecule has 4 nitrogen and oxygen atoms in total. The number of rotatable bonds is 3. The van der Waals surface area contributed by atoms with E-state index in [1.807, 2.05) is 49.9 Å². The van der Waals surface area contributed by atoms with Gasteiger partial charge in [0.1, 0.15) is 0 Å². The maximum atomic E-state index is 13.4. The summed E-state index contributed by atoms with van der Waals surface area (Å²) in [5, 5.41) is 2.70. The Morgan fingerprint density at radius 2 is 1.36 bits per heavy atom. The van der Waals surface area contributed by atoms with Crippen LogP contribution >= 0.6 is 12.2 Å². The Kier molecular flexibility index (Phi) is 7.53. The van der Waals surface area contributed by atoms with E-state index in [1.54, 1.807) is 0 Å². The lowest BCUT2D eigenvalue weighted by Crippen LogP contribution is -2.45. The first-order valence-corrected chi connectivity index (χ1v) is 12.9. The lowest BCUT2D eigenvalue weighted by Gasteiger charge is -2.38. The van der Waals surface area contributed by atoms with Crippen LogP contribution < -0.4 is 5.32 Å². The lowest BCUT2D eigenvalue weighted by molar-refractivity contribution is -0.226. The van der Waals surface area contributed by atoms with Crippen molar-refractivity contribution in [2.45, 2.75) is 65.2 Å². The fourth-order valence-corrected chi connectivity index (χ4v) is 5.73. The molecule has 1 atom stereocenters. The van der Waals surface area contributed by atoms with Crippen LogP contribution in [0.4, 0.5) is 32.0 Å². The van der Waals surface area contributed by atoms with Gasteiger partial charge in [-0.05, 0) is 54.7 Å². The third kappa shape index (κ3) is 6.52. The summed E-state index contributed by atoms with van der Waals surface area (Å²) in [4.78, 5) is 1.83. The number of benzene rings is 2. The third-order valence-corrected chi connectivity index (χ3v) is 7.47. The number of anilines is 1. The summed E-state index contributed by atoms with van der Waals surface area (Å²) in [6.45, 7) is 11.7. The van der Waals surface area contributed by atoms with Crippen LogP contribution in [0.1, 0.15) is 69.6 Å². The fraction of sp³-hybridized carbons (Fsp3) is 0.536. The summed E-state index contributed by atoms with van der Waals surface area (Å²) >= 11 is 5.58. The van der Waals surface area contributed by atoms with Gasteiger partial charge < -0.3 is 19.7 Å². The maximum absolute atomic E-state index is 13.4. The molecule has 0 amide bonds. The SMILES string of the molecule is CC1(C)COC(c2ccc([C@]3(C)CC(C)(C)CN3C(=S)Nc3cc(C(F)(F)F)cc(C(F)(F)F)c3)cc2)OC1. The van der Waals surface area contributed by atoms with Crippen molar-refractivity contribution in [3.63, 3.8) is 0 Å². The average Bonchev–Trinajstić information content (AvgIpc) is 3.07. The maximum Gasteiger partial charge on any atom is 0.416 e. The number of thiocarbonyl (C=S) groups is 1. The molecule has 11 heteroatoms. The molecule has 0 bridgehead atoms. The molecule has 39 heavy (non-hydrogen) atoms. The summed E-state index contributed by atoms with van der Waals surface area (Å²) in [6.07, 6.45) is -9.73. The molecule has 0 radical (unpaired) electrons. The molecule has 2 fully saturated rings. The first kappa shape index (κ1) is 29.6. The highest BCUT2D eigenvalue weighted by Crippen LogP contribution is 2.48. The second kappa shape index (κ2) is 9.92. The molecular weight excluding hydrogens is 542 g/mol. The Morgan fingerprint density at radius 1 is 0.846 bits per heavy atom. The topological polar surface area (TPSA) is 33.7 Å². The molecule has 0 spiro atoms. The van der Waals surface area contributed by atoms with Crippen molar-refractivity contribution in [1.82, 2.24) is 4.90 Å². The number of alkyl halides is 6. The number of nitrogens with one attached hydrogen (secondary N) is 1. The van der Waals surface area contributed by atoms with Crippen LogP contribution in [0.3, 0.4) is 0 Å². The number of nitrogens with zero attached hydrogens (tertiary/aromatic N) is 1. The summed E-state index contributed by atoms with van der Waals surface area (Å²) in [5.41, 5.74) is -2.40. The van der Waals surface area contributed by atoms with Crippen molar-refractivity contribution in [1.29, 1.82) is 0 Å². The van der Waals surface area contributed by atoms with Crippen LogP contribution in [-0.2, 0) is 27.4 Å². The molecule has 0 aromatic heterocycles. The molecule has 2 aliphatic heterocycles. The predicted octanol–water partition coefficient (Wildman–Crippen LogP) is 8.14. The van der Waals surface area contributed by atoms with E-state index in [0.29, 0.717) is 38.3 Å². The van der Waals surface area contributed by atoms with Crippen LogP contribution in [0.5, 0.6) is 0 Å². The van der Waals surface area contributed by atoms with E-state index in [-0.39, 0.29) is 27.7 Å². The number of likely N-dealkylation sites (tertiary alicyclic amines) is 1. The van der Waals surface area contributed by atoms with Gasteiger partial charge in [0.05, 0.1) is 29.9 Å². The molecule has 2 aromatic carbocycles. The molecule has 214 valence electrons. The van der Waals surface area contributed by atoms with E-state index in [4.69, 9.17) is 21.7 Å². The normalized spacial score (nSPS) is 23.6. The minimum absolute atomic E-state index is 0.0424. The average molecular weight is 575 g/mol. The molecule has 1 N–H and O–H groups in total. The minimum atomic E-state index is -4.95. The lowest BCUT2D eigenvalue weighted by atomic mass is 9.81. The van der Waals surface area contributed by atoms with E-state index in [0.717, 1.165) is 11.1 Å². The first-order valence-electron chi connectivity index (χ1n) is 12.5. The number of halogens is 6. The third-order valence-electron chi connectivity index (χ3n) is 7.14. The Morgan fingerprint density at radius 3 is 1.85 bits per heavy atom. The number of ether oxygens (including phenoxy) is 2. The van der Waals surface area contributed by atoms with Crippen molar-refractivity contribution in [3.8, 4) is 0 Å². The number of hydrogen-bond acceptors (Lipinski definition) is 3. The van der Waals surface area contributed by atoms with Crippen LogP contribution in [0.25, 0.3) is 0 Å². The van der Waals surface area contributed by atoms with E-state index in [1.165, 1.54) is 0 Å². The number of hydrogen-bond donors (Lipinski definition) is 1. The van der Waals surface area contributed by atoms with Gasteiger partial charge in [-0.15, -0.1) is 0 Å². The molecule has 4 rings (SSSR count). The predicted molar refractivity (Wildman–Crippen MR) is 140 cm³/mol. The van der Waals surface area contributed by atoms with Crippen LogP contribution in [-0.4, -0.2) is 29.8 Å². The second-order valence-corrected chi connectivity index (χ2v) is 12.6. The standard InChI is InChI=1S/C28H32F6N2O2S/c1-24(2)13-26(5,18-8-6-17(7-9-18)22-37-15-25(3,4)16-38-22)36(14-24)23(39)35-21-11-19(27(29,30)31)10-20(12-21)28(32,33)34/h6-12,22H,13-16H2,1-5H3,(H,35,39)/t26-/m0/s1. The van der Waals surface area contributed by atoms with Crippen molar-refractivity contribution in [3.05, 3.63) is 64.7 Å². The molecule has 2 heterocycles. The highest BCUT2D eigenvalue weighted by Gasteiger charge is 2.48. The van der Waals surface area contributed by atoms with Gasteiger partial charge in [0, 0.05) is 23.2 Å². The highest BCUT2D eigenvalue weighted by atomic mass is 32.1. The molecular formula is C28H32F6N2O2S. The minimum Gasteiger partial charge on any atom is -0.348 e. The Bertz CT molecular complexity index is 1180. The van der Waals surface area contributed by atoms with Gasteiger partial charge in [-0.25, -0.2) is 0 Å². The summed E-state index contributed by atoms with van der Waals surface area (Å²) < 4.78 is 92.0. The highest BCUT2D eigenvalue weighted by molar-refractivity contribution is 7.80. The fourth-order valence-electron chi connectivity index (χ4n) is 5.34. The van der Waals surface area contributed by atoms with Crippen molar-refractivity contribution in [2.24, 2.45) is 10.8 Å². The van der Waals surface area contributed by atoms with Gasteiger partial charge in [-0.1, -0.05) is 52.0 Å². The second-order valence-electron chi connectivity index (χ2n) is 12.2. The van der Waals surface area contributed by atoms with E-state index in [9.17, 15) is 26.3 Å². The van der Waals surface area contributed by atoms with E-state index in [2.05, 4.69) is 19.2 Å². The molecule has 2 aliphatic rings. The Balaban J connectivity index is 1.60. The molecule has 2 aromatic rings. The molecule has 0 aliphatic carbocycles. The van der Waals surface area contributed by atoms with Gasteiger partial charge >= 0.3 is 12.4 Å². The molecule has 2 saturated heterocycles. The van der Waals surface area contributed by atoms with Crippen molar-refractivity contribution >= 4 is 23.0 Å².